The first-order valence-electron chi connectivity index (χ1n) is 17.3. The SMILES string of the molecule is CC[C@H](C)[C@H](NC(=O)c1ccccn1)C(=O)N(C)[C@H](C[C@@H](OC(C)=O)c1nc(C(=O)N[C@@H](Cc2ccccc2)C[C@H](C)C(=O)OC)cs1)C(C)C. The molecule has 12 nitrogen and oxygen atoms in total. The third kappa shape index (κ3) is 12.0. The minimum atomic E-state index is -0.846. The molecule has 6 atom stereocenters. The molecule has 0 aliphatic rings. The Hall–Kier alpha value is -4.65. The third-order valence-corrected chi connectivity index (χ3v) is 9.91. The van der Waals surface area contributed by atoms with Crippen molar-refractivity contribution in [1.82, 2.24) is 25.5 Å². The largest absolute Gasteiger partial charge is 0.469 e. The maximum atomic E-state index is 14.0. The van der Waals surface area contributed by atoms with E-state index in [1.807, 2.05) is 58.0 Å². The fraction of sp³-hybridized carbons (Fsp3) is 0.500. The molecule has 0 fully saturated rings. The average Bonchev–Trinajstić information content (AvgIpc) is 3.62. The van der Waals surface area contributed by atoms with Crippen molar-refractivity contribution in [2.24, 2.45) is 17.8 Å². The summed E-state index contributed by atoms with van der Waals surface area (Å²) in [5, 5.41) is 7.93. The molecule has 0 saturated carbocycles. The summed E-state index contributed by atoms with van der Waals surface area (Å²) >= 11 is 1.19. The molecule has 1 aromatic carbocycles. The highest BCUT2D eigenvalue weighted by molar-refractivity contribution is 7.09. The number of pyridine rings is 1. The number of carbonyl (C=O) groups excluding carboxylic acids is 5. The molecule has 0 unspecified atom stereocenters. The number of rotatable bonds is 18. The first kappa shape index (κ1) is 40.8. The van der Waals surface area contributed by atoms with Crippen LogP contribution in [0.3, 0.4) is 0 Å². The Bertz CT molecular complexity index is 1600. The van der Waals surface area contributed by atoms with Gasteiger partial charge in [-0.15, -0.1) is 11.3 Å². The fourth-order valence-electron chi connectivity index (χ4n) is 5.89. The van der Waals surface area contributed by atoms with Gasteiger partial charge in [0.25, 0.3) is 11.8 Å². The number of methoxy groups -OCH3 is 1. The van der Waals surface area contributed by atoms with E-state index in [2.05, 4.69) is 20.6 Å². The van der Waals surface area contributed by atoms with Crippen LogP contribution >= 0.6 is 11.3 Å². The van der Waals surface area contributed by atoms with E-state index in [9.17, 15) is 24.0 Å². The van der Waals surface area contributed by atoms with Gasteiger partial charge >= 0.3 is 11.9 Å². The van der Waals surface area contributed by atoms with Crippen molar-refractivity contribution < 1.29 is 33.4 Å². The maximum Gasteiger partial charge on any atom is 0.308 e. The normalized spacial score (nSPS) is 14.7. The summed E-state index contributed by atoms with van der Waals surface area (Å²) in [6.45, 7) is 10.8. The highest BCUT2D eigenvalue weighted by atomic mass is 32.1. The lowest BCUT2D eigenvalue weighted by atomic mass is 9.93. The quantitative estimate of drug-likeness (QED) is 0.164. The van der Waals surface area contributed by atoms with Crippen LogP contribution in [0.5, 0.6) is 0 Å². The summed E-state index contributed by atoms with van der Waals surface area (Å²) in [5.74, 6) is -2.73. The van der Waals surface area contributed by atoms with Crippen LogP contribution in [0.4, 0.5) is 0 Å². The molecule has 51 heavy (non-hydrogen) atoms. The van der Waals surface area contributed by atoms with E-state index in [1.54, 1.807) is 42.5 Å². The number of amides is 3. The number of esters is 2. The highest BCUT2D eigenvalue weighted by Crippen LogP contribution is 2.31. The van der Waals surface area contributed by atoms with Crippen molar-refractivity contribution in [2.45, 2.75) is 91.5 Å². The van der Waals surface area contributed by atoms with Gasteiger partial charge < -0.3 is 25.0 Å². The molecule has 0 aliphatic heterocycles. The van der Waals surface area contributed by atoms with Crippen LogP contribution in [0.2, 0.25) is 0 Å². The Morgan fingerprint density at radius 3 is 2.16 bits per heavy atom. The molecule has 0 saturated heterocycles. The van der Waals surface area contributed by atoms with Gasteiger partial charge in [0, 0.05) is 44.1 Å². The number of thiazole rings is 1. The molecule has 2 heterocycles. The second kappa shape index (κ2) is 19.7. The maximum absolute atomic E-state index is 14.0. The van der Waals surface area contributed by atoms with Crippen molar-refractivity contribution in [1.29, 1.82) is 0 Å². The Kier molecular flexibility index (Phi) is 15.7. The molecule has 0 bridgehead atoms. The minimum Gasteiger partial charge on any atom is -0.469 e. The highest BCUT2D eigenvalue weighted by Gasteiger charge is 2.36. The molecule has 2 aromatic heterocycles. The van der Waals surface area contributed by atoms with Crippen molar-refractivity contribution in [2.75, 3.05) is 14.2 Å². The first-order chi connectivity index (χ1) is 24.2. The monoisotopic (exact) mass is 721 g/mol. The summed E-state index contributed by atoms with van der Waals surface area (Å²) in [6.07, 6.45) is 2.39. The number of hydrogen-bond acceptors (Lipinski definition) is 10. The van der Waals surface area contributed by atoms with Crippen LogP contribution in [-0.4, -0.2) is 76.8 Å². The molecule has 3 aromatic rings. The van der Waals surface area contributed by atoms with E-state index in [0.29, 0.717) is 24.3 Å². The van der Waals surface area contributed by atoms with Gasteiger partial charge in [-0.1, -0.05) is 77.4 Å². The van der Waals surface area contributed by atoms with Crippen LogP contribution in [0.25, 0.3) is 0 Å². The third-order valence-electron chi connectivity index (χ3n) is 8.97. The van der Waals surface area contributed by atoms with Crippen molar-refractivity contribution in [3.05, 3.63) is 82.1 Å². The summed E-state index contributed by atoms with van der Waals surface area (Å²) in [4.78, 5) is 75.5. The second-order valence-electron chi connectivity index (χ2n) is 13.2. The molecule has 0 spiro atoms. The molecular weight excluding hydrogens is 671 g/mol. The molecule has 2 N–H and O–H groups in total. The van der Waals surface area contributed by atoms with E-state index >= 15 is 0 Å². The van der Waals surface area contributed by atoms with Crippen molar-refractivity contribution in [3.8, 4) is 0 Å². The zero-order chi connectivity index (χ0) is 37.7. The summed E-state index contributed by atoms with van der Waals surface area (Å²) in [6, 6.07) is 13.0. The van der Waals surface area contributed by atoms with E-state index < -0.39 is 41.9 Å². The summed E-state index contributed by atoms with van der Waals surface area (Å²) in [5.41, 5.74) is 1.36. The number of benzene rings is 1. The standard InChI is InChI=1S/C38H51N5O7S/c1-9-24(4)33(42-34(45)29-17-13-14-18-39-29)37(47)43(7)31(23(2)3)21-32(50-26(6)44)36-41-30(22-51-36)35(46)40-28(19-25(5)38(48)49-8)20-27-15-11-10-12-16-27/h10-18,22-25,28,31-33H,9,19-21H2,1-8H3,(H,40,46)(H,42,45)/t24-,25-,28+,31+,32+,33-/m0/s1. The molecule has 0 aliphatic carbocycles. The minimum absolute atomic E-state index is 0.0700. The zero-order valence-corrected chi connectivity index (χ0v) is 31.6. The van der Waals surface area contributed by atoms with Gasteiger partial charge in [-0.05, 0) is 42.4 Å². The molecule has 3 rings (SSSR count). The van der Waals surface area contributed by atoms with Gasteiger partial charge in [0.05, 0.1) is 13.0 Å². The number of ether oxygens (including phenoxy) is 2. The lowest BCUT2D eigenvalue weighted by Gasteiger charge is -2.36. The van der Waals surface area contributed by atoms with Crippen molar-refractivity contribution >= 4 is 41.0 Å². The predicted octanol–water partition coefficient (Wildman–Crippen LogP) is 5.40. The van der Waals surface area contributed by atoms with Crippen LogP contribution in [0, 0.1) is 17.8 Å². The Morgan fingerprint density at radius 2 is 1.57 bits per heavy atom. The van der Waals surface area contributed by atoms with Crippen molar-refractivity contribution in [3.63, 3.8) is 0 Å². The molecule has 0 radical (unpaired) electrons. The lowest BCUT2D eigenvalue weighted by Crippen LogP contribution is -2.54. The van der Waals surface area contributed by atoms with E-state index in [0.717, 1.165) is 5.56 Å². The summed E-state index contributed by atoms with van der Waals surface area (Å²) in [7, 11) is 3.02. The predicted molar refractivity (Wildman–Crippen MR) is 195 cm³/mol. The van der Waals surface area contributed by atoms with Gasteiger partial charge in [-0.3, -0.25) is 29.0 Å². The first-order valence-corrected chi connectivity index (χ1v) is 18.2. The Labute approximate surface area is 304 Å². The number of aromatic nitrogens is 2. The second-order valence-corrected chi connectivity index (χ2v) is 14.1. The number of carbonyl (C=O) groups is 5. The topological polar surface area (TPSA) is 157 Å². The zero-order valence-electron chi connectivity index (χ0n) is 30.8. The van der Waals surface area contributed by atoms with E-state index in [1.165, 1.54) is 31.6 Å². The fourth-order valence-corrected chi connectivity index (χ4v) is 6.73. The number of hydrogen-bond donors (Lipinski definition) is 2. The number of nitrogens with one attached hydrogen (secondary N) is 2. The van der Waals surface area contributed by atoms with Gasteiger partial charge in [0.15, 0.2) is 6.10 Å². The average molecular weight is 722 g/mol. The van der Waals surface area contributed by atoms with Crippen LogP contribution < -0.4 is 10.6 Å². The number of nitrogens with zero attached hydrogens (tertiary/aromatic N) is 3. The van der Waals surface area contributed by atoms with E-state index in [-0.39, 0.29) is 47.6 Å². The lowest BCUT2D eigenvalue weighted by molar-refractivity contribution is -0.149. The summed E-state index contributed by atoms with van der Waals surface area (Å²) < 4.78 is 10.7. The van der Waals surface area contributed by atoms with Gasteiger partial charge in [-0.25, -0.2) is 4.98 Å². The van der Waals surface area contributed by atoms with Gasteiger partial charge in [0.2, 0.25) is 5.91 Å². The smallest absolute Gasteiger partial charge is 0.308 e. The molecule has 276 valence electrons. The van der Waals surface area contributed by atoms with Gasteiger partial charge in [0.1, 0.15) is 22.4 Å². The Morgan fingerprint density at radius 1 is 0.902 bits per heavy atom. The van der Waals surface area contributed by atoms with Crippen LogP contribution in [-0.2, 0) is 30.3 Å². The van der Waals surface area contributed by atoms with Crippen LogP contribution in [0.1, 0.15) is 98.5 Å². The molecule has 13 heteroatoms. The molecular formula is C38H51N5O7S. The Balaban J connectivity index is 1.82. The van der Waals surface area contributed by atoms with Crippen LogP contribution in [0.15, 0.2) is 60.1 Å². The van der Waals surface area contributed by atoms with E-state index in [4.69, 9.17) is 9.47 Å². The number of likely N-dealkylation sites (N-methyl/N-ethyl adjacent to an activating group) is 1. The molecule has 3 amide bonds. The van der Waals surface area contributed by atoms with Gasteiger partial charge in [-0.2, -0.15) is 0 Å².